The number of ether oxygens (including phenoxy) is 5. The van der Waals surface area contributed by atoms with E-state index < -0.39 is 53.7 Å². The van der Waals surface area contributed by atoms with Crippen LogP contribution < -0.4 is 0 Å². The van der Waals surface area contributed by atoms with Gasteiger partial charge < -0.3 is 23.7 Å². The second kappa shape index (κ2) is 11.3. The highest BCUT2D eigenvalue weighted by molar-refractivity contribution is 7.99. The molecular formula is C24H26O9S. The van der Waals surface area contributed by atoms with Gasteiger partial charge in [-0.2, -0.15) is 0 Å². The summed E-state index contributed by atoms with van der Waals surface area (Å²) in [6, 6.07) is 13.6. The van der Waals surface area contributed by atoms with Gasteiger partial charge in [-0.1, -0.05) is 42.1 Å². The molecule has 5 atom stereocenters. The second-order valence-corrected chi connectivity index (χ2v) is 8.87. The predicted molar refractivity (Wildman–Crippen MR) is 122 cm³/mol. The molecule has 10 heteroatoms. The van der Waals surface area contributed by atoms with Crippen molar-refractivity contribution in [1.29, 1.82) is 0 Å². The lowest BCUT2D eigenvalue weighted by molar-refractivity contribution is -0.237. The molecule has 0 aromatic heterocycles. The first kappa shape index (κ1) is 25.5. The molecule has 2 aromatic carbocycles. The Labute approximate surface area is 201 Å². The van der Waals surface area contributed by atoms with Gasteiger partial charge in [0.25, 0.3) is 0 Å². The molecule has 1 fully saturated rings. The van der Waals surface area contributed by atoms with E-state index in [4.69, 9.17) is 23.7 Å². The highest BCUT2D eigenvalue weighted by Crippen LogP contribution is 2.38. The molecule has 0 saturated carbocycles. The van der Waals surface area contributed by atoms with Crippen molar-refractivity contribution in [3.63, 3.8) is 0 Å². The summed E-state index contributed by atoms with van der Waals surface area (Å²) in [5.74, 6) is -2.52. The molecule has 1 aliphatic heterocycles. The molecule has 0 amide bonds. The molecule has 0 aliphatic carbocycles. The Morgan fingerprint density at radius 1 is 0.765 bits per heavy atom. The smallest absolute Gasteiger partial charge is 0.303 e. The van der Waals surface area contributed by atoms with Crippen molar-refractivity contribution in [2.24, 2.45) is 0 Å². The highest BCUT2D eigenvalue weighted by atomic mass is 32.2. The zero-order valence-corrected chi connectivity index (χ0v) is 20.0. The van der Waals surface area contributed by atoms with Crippen LogP contribution in [0.25, 0.3) is 10.8 Å². The van der Waals surface area contributed by atoms with Crippen LogP contribution in [0, 0.1) is 0 Å². The maximum absolute atomic E-state index is 11.9. The molecular weight excluding hydrogens is 464 g/mol. The number of thioether (sulfide) groups is 1. The largest absolute Gasteiger partial charge is 0.463 e. The van der Waals surface area contributed by atoms with Crippen LogP contribution in [0.2, 0.25) is 0 Å². The number of hydrogen-bond donors (Lipinski definition) is 0. The first-order valence-electron chi connectivity index (χ1n) is 10.6. The van der Waals surface area contributed by atoms with Gasteiger partial charge in [-0.25, -0.2) is 0 Å². The molecule has 3 rings (SSSR count). The monoisotopic (exact) mass is 490 g/mol. The van der Waals surface area contributed by atoms with Crippen molar-refractivity contribution in [1.82, 2.24) is 0 Å². The SMILES string of the molecule is CC(=O)OC[C@@H]1O[C@@H](Sc2ccc3ccccc3c2)[C@@H](OC(C)=O)[C@@H](OC(C)=O)[C@@H]1OC(C)=O. The number of rotatable bonds is 7. The summed E-state index contributed by atoms with van der Waals surface area (Å²) in [6.45, 7) is 4.57. The van der Waals surface area contributed by atoms with Crippen molar-refractivity contribution in [2.45, 2.75) is 62.4 Å². The van der Waals surface area contributed by atoms with E-state index in [9.17, 15) is 19.2 Å². The molecule has 0 unspecified atom stereocenters. The van der Waals surface area contributed by atoms with Crippen molar-refractivity contribution in [2.75, 3.05) is 6.61 Å². The molecule has 182 valence electrons. The molecule has 1 heterocycles. The molecule has 0 radical (unpaired) electrons. The zero-order chi connectivity index (χ0) is 24.8. The first-order valence-corrected chi connectivity index (χ1v) is 11.5. The lowest BCUT2D eigenvalue weighted by atomic mass is 9.99. The van der Waals surface area contributed by atoms with Gasteiger partial charge in [-0.3, -0.25) is 19.2 Å². The van der Waals surface area contributed by atoms with Crippen LogP contribution in [0.3, 0.4) is 0 Å². The molecule has 1 saturated heterocycles. The normalized spacial score (nSPS) is 24.2. The summed E-state index contributed by atoms with van der Waals surface area (Å²) in [4.78, 5) is 47.9. The van der Waals surface area contributed by atoms with E-state index in [1.807, 2.05) is 42.5 Å². The fourth-order valence-electron chi connectivity index (χ4n) is 3.66. The van der Waals surface area contributed by atoms with Gasteiger partial charge in [0.15, 0.2) is 18.3 Å². The van der Waals surface area contributed by atoms with Crippen LogP contribution in [-0.4, -0.2) is 60.3 Å². The van der Waals surface area contributed by atoms with Gasteiger partial charge in [0.05, 0.1) is 0 Å². The van der Waals surface area contributed by atoms with Crippen molar-refractivity contribution < 1.29 is 42.9 Å². The van der Waals surface area contributed by atoms with E-state index in [0.29, 0.717) is 0 Å². The van der Waals surface area contributed by atoms with E-state index >= 15 is 0 Å². The highest BCUT2D eigenvalue weighted by Gasteiger charge is 2.52. The predicted octanol–water partition coefficient (Wildman–Crippen LogP) is 3.02. The fraction of sp³-hybridized carbons (Fsp3) is 0.417. The van der Waals surface area contributed by atoms with Crippen LogP contribution >= 0.6 is 11.8 Å². The molecule has 1 aliphatic rings. The summed E-state index contributed by atoms with van der Waals surface area (Å²) in [7, 11) is 0. The first-order chi connectivity index (χ1) is 16.1. The van der Waals surface area contributed by atoms with Crippen molar-refractivity contribution in [3.05, 3.63) is 42.5 Å². The van der Waals surface area contributed by atoms with Gasteiger partial charge in [0.1, 0.15) is 18.1 Å². The summed E-state index contributed by atoms with van der Waals surface area (Å²) in [5.41, 5.74) is -0.859. The molecule has 9 nitrogen and oxygen atoms in total. The Kier molecular flexibility index (Phi) is 8.51. The maximum atomic E-state index is 11.9. The van der Waals surface area contributed by atoms with Crippen LogP contribution in [0.5, 0.6) is 0 Å². The van der Waals surface area contributed by atoms with Gasteiger partial charge in [-0.15, -0.1) is 0 Å². The zero-order valence-electron chi connectivity index (χ0n) is 19.2. The molecule has 34 heavy (non-hydrogen) atoms. The Hall–Kier alpha value is -3.11. The quantitative estimate of drug-likeness (QED) is 0.424. The van der Waals surface area contributed by atoms with Crippen LogP contribution in [0.4, 0.5) is 0 Å². The lowest BCUT2D eigenvalue weighted by Gasteiger charge is -2.44. The number of carbonyl (C=O) groups excluding carboxylic acids is 4. The Morgan fingerprint density at radius 3 is 1.97 bits per heavy atom. The van der Waals surface area contributed by atoms with Gasteiger partial charge in [0, 0.05) is 32.6 Å². The Balaban J connectivity index is 1.98. The summed E-state index contributed by atoms with van der Waals surface area (Å²) in [6.07, 6.45) is -4.42. The molecule has 0 N–H and O–H groups in total. The lowest BCUT2D eigenvalue weighted by Crippen LogP contribution is -2.61. The average Bonchev–Trinajstić information content (AvgIpc) is 2.75. The van der Waals surface area contributed by atoms with Gasteiger partial charge in [-0.05, 0) is 22.9 Å². The van der Waals surface area contributed by atoms with E-state index in [0.717, 1.165) is 15.7 Å². The average molecular weight is 491 g/mol. The molecule has 0 spiro atoms. The van der Waals surface area contributed by atoms with E-state index in [1.165, 1.54) is 39.5 Å². The number of benzene rings is 2. The number of esters is 4. The van der Waals surface area contributed by atoms with Crippen LogP contribution in [-0.2, 0) is 42.9 Å². The van der Waals surface area contributed by atoms with E-state index in [2.05, 4.69) is 0 Å². The minimum absolute atomic E-state index is 0.257. The van der Waals surface area contributed by atoms with Gasteiger partial charge in [0.2, 0.25) is 0 Å². The number of fused-ring (bicyclic) bond motifs is 1. The maximum Gasteiger partial charge on any atom is 0.303 e. The van der Waals surface area contributed by atoms with Crippen molar-refractivity contribution >= 4 is 46.4 Å². The minimum atomic E-state index is -1.18. The fourth-order valence-corrected chi connectivity index (χ4v) is 4.81. The number of carbonyl (C=O) groups is 4. The summed E-state index contributed by atoms with van der Waals surface area (Å²) < 4.78 is 27.6. The van der Waals surface area contributed by atoms with Crippen LogP contribution in [0.1, 0.15) is 27.7 Å². The molecule has 2 aromatic rings. The summed E-state index contributed by atoms with van der Waals surface area (Å²) in [5, 5.41) is 2.05. The Morgan fingerprint density at radius 2 is 1.35 bits per heavy atom. The Bertz CT molecular complexity index is 1070. The van der Waals surface area contributed by atoms with Crippen molar-refractivity contribution in [3.8, 4) is 0 Å². The van der Waals surface area contributed by atoms with E-state index in [-0.39, 0.29) is 6.61 Å². The third-order valence-corrected chi connectivity index (χ3v) is 6.06. The standard InChI is InChI=1S/C24H26O9S/c1-13(25)29-12-20-21(30-14(2)26)22(31-15(3)27)23(32-16(4)28)24(33-20)34-19-10-9-17-7-5-6-8-18(17)11-19/h5-11,20-24H,12H2,1-4H3/t20-,21+,22-,23-,24-/m0/s1. The topological polar surface area (TPSA) is 114 Å². The molecule has 0 bridgehead atoms. The van der Waals surface area contributed by atoms with Gasteiger partial charge >= 0.3 is 23.9 Å². The third kappa shape index (κ3) is 6.71. The third-order valence-electron chi connectivity index (χ3n) is 4.92. The van der Waals surface area contributed by atoms with E-state index in [1.54, 1.807) is 0 Å². The minimum Gasteiger partial charge on any atom is -0.463 e. The summed E-state index contributed by atoms with van der Waals surface area (Å²) >= 11 is 1.25. The van der Waals surface area contributed by atoms with Crippen LogP contribution in [0.15, 0.2) is 47.4 Å². The number of hydrogen-bond acceptors (Lipinski definition) is 10. The second-order valence-electron chi connectivity index (χ2n) is 7.69.